The molecule has 0 saturated carbocycles. The van der Waals surface area contributed by atoms with Crippen molar-refractivity contribution in [2.24, 2.45) is 0 Å². The van der Waals surface area contributed by atoms with Crippen LogP contribution in [0.3, 0.4) is 0 Å². The van der Waals surface area contributed by atoms with E-state index in [4.69, 9.17) is 0 Å². The van der Waals surface area contributed by atoms with E-state index in [1.807, 2.05) is 27.3 Å². The lowest BCUT2D eigenvalue weighted by molar-refractivity contribution is -0.114. The number of anilines is 1. The third-order valence-electron chi connectivity index (χ3n) is 2.80. The SMILES string of the molecule is CC(=O)Nc1ccc(S(=O)(=O)NC(=O)c2cccc(I)c2)cc1. The number of nitrogens with one attached hydrogen (secondary N) is 2. The first-order valence-electron chi connectivity index (χ1n) is 6.48. The average Bonchev–Trinajstić information content (AvgIpc) is 2.46. The molecule has 0 radical (unpaired) electrons. The Labute approximate surface area is 147 Å². The Morgan fingerprint density at radius 1 is 1.04 bits per heavy atom. The first kappa shape index (κ1) is 17.4. The van der Waals surface area contributed by atoms with Crippen molar-refractivity contribution in [3.05, 3.63) is 57.7 Å². The third-order valence-corrected chi connectivity index (χ3v) is 4.82. The maximum atomic E-state index is 12.2. The molecule has 0 bridgehead atoms. The number of sulfonamides is 1. The molecule has 0 atom stereocenters. The molecular formula is C15H13IN2O4S. The Kier molecular flexibility index (Phi) is 5.37. The number of rotatable bonds is 4. The minimum absolute atomic E-state index is 0.0643. The minimum Gasteiger partial charge on any atom is -0.326 e. The monoisotopic (exact) mass is 444 g/mol. The normalized spacial score (nSPS) is 10.9. The molecule has 2 aromatic rings. The van der Waals surface area contributed by atoms with Crippen LogP contribution in [0.25, 0.3) is 0 Å². The van der Waals surface area contributed by atoms with E-state index < -0.39 is 15.9 Å². The van der Waals surface area contributed by atoms with E-state index in [-0.39, 0.29) is 16.4 Å². The molecule has 0 spiro atoms. The van der Waals surface area contributed by atoms with Crippen molar-refractivity contribution in [2.75, 3.05) is 5.32 Å². The highest BCUT2D eigenvalue weighted by Crippen LogP contribution is 2.15. The molecule has 0 heterocycles. The van der Waals surface area contributed by atoms with Crippen LogP contribution < -0.4 is 10.0 Å². The average molecular weight is 444 g/mol. The van der Waals surface area contributed by atoms with Crippen LogP contribution in [0.5, 0.6) is 0 Å². The molecule has 6 nitrogen and oxygen atoms in total. The largest absolute Gasteiger partial charge is 0.326 e. The fraction of sp³-hybridized carbons (Fsp3) is 0.0667. The van der Waals surface area contributed by atoms with Gasteiger partial charge in [-0.2, -0.15) is 0 Å². The van der Waals surface area contributed by atoms with Crippen molar-refractivity contribution in [2.45, 2.75) is 11.8 Å². The van der Waals surface area contributed by atoms with Crippen molar-refractivity contribution in [1.29, 1.82) is 0 Å². The van der Waals surface area contributed by atoms with E-state index >= 15 is 0 Å². The maximum Gasteiger partial charge on any atom is 0.265 e. The Balaban J connectivity index is 2.18. The number of amides is 2. The summed E-state index contributed by atoms with van der Waals surface area (Å²) in [5.41, 5.74) is 0.732. The van der Waals surface area contributed by atoms with Gasteiger partial charge in [-0.25, -0.2) is 13.1 Å². The zero-order valence-electron chi connectivity index (χ0n) is 12.0. The lowest BCUT2D eigenvalue weighted by Gasteiger charge is -2.08. The van der Waals surface area contributed by atoms with Gasteiger partial charge in [-0.05, 0) is 65.1 Å². The molecule has 2 rings (SSSR count). The molecule has 0 fully saturated rings. The van der Waals surface area contributed by atoms with Crippen LogP contribution in [-0.4, -0.2) is 20.2 Å². The highest BCUT2D eigenvalue weighted by molar-refractivity contribution is 14.1. The van der Waals surface area contributed by atoms with Crippen LogP contribution in [0.2, 0.25) is 0 Å². The zero-order chi connectivity index (χ0) is 17.0. The number of carbonyl (C=O) groups excluding carboxylic acids is 2. The third kappa shape index (κ3) is 4.76. The summed E-state index contributed by atoms with van der Waals surface area (Å²) < 4.78 is 27.3. The van der Waals surface area contributed by atoms with Crippen LogP contribution in [0.4, 0.5) is 5.69 Å². The molecule has 2 aromatic carbocycles. The molecule has 0 aliphatic rings. The van der Waals surface area contributed by atoms with E-state index in [0.29, 0.717) is 5.69 Å². The molecular weight excluding hydrogens is 431 g/mol. The van der Waals surface area contributed by atoms with Gasteiger partial charge in [0.1, 0.15) is 0 Å². The van der Waals surface area contributed by atoms with E-state index in [0.717, 1.165) is 3.57 Å². The van der Waals surface area contributed by atoms with Gasteiger partial charge in [0.25, 0.3) is 15.9 Å². The Morgan fingerprint density at radius 3 is 2.26 bits per heavy atom. The number of benzene rings is 2. The van der Waals surface area contributed by atoms with Gasteiger partial charge in [0.15, 0.2) is 0 Å². The van der Waals surface area contributed by atoms with Gasteiger partial charge in [-0.1, -0.05) is 6.07 Å². The van der Waals surface area contributed by atoms with Crippen molar-refractivity contribution in [3.8, 4) is 0 Å². The van der Waals surface area contributed by atoms with Crippen LogP contribution in [0.15, 0.2) is 53.4 Å². The molecule has 2 N–H and O–H groups in total. The summed E-state index contributed by atoms with van der Waals surface area (Å²) in [6.07, 6.45) is 0. The highest BCUT2D eigenvalue weighted by atomic mass is 127. The second-order valence-corrected chi connectivity index (χ2v) is 7.58. The molecule has 23 heavy (non-hydrogen) atoms. The van der Waals surface area contributed by atoms with E-state index in [1.165, 1.54) is 37.3 Å². The van der Waals surface area contributed by atoms with Crippen molar-refractivity contribution >= 4 is 50.1 Å². The predicted molar refractivity (Wildman–Crippen MR) is 94.6 cm³/mol. The first-order chi connectivity index (χ1) is 10.8. The summed E-state index contributed by atoms with van der Waals surface area (Å²) in [5.74, 6) is -0.956. The van der Waals surface area contributed by atoms with Crippen molar-refractivity contribution in [1.82, 2.24) is 4.72 Å². The van der Waals surface area contributed by atoms with Gasteiger partial charge in [0, 0.05) is 21.7 Å². The predicted octanol–water partition coefficient (Wildman–Crippen LogP) is 2.37. The summed E-state index contributed by atoms with van der Waals surface area (Å²) in [5, 5.41) is 2.53. The van der Waals surface area contributed by atoms with Gasteiger partial charge in [-0.15, -0.1) is 0 Å². The van der Waals surface area contributed by atoms with Gasteiger partial charge in [0.2, 0.25) is 5.91 Å². The lowest BCUT2D eigenvalue weighted by atomic mass is 10.2. The number of hydrogen-bond donors (Lipinski definition) is 2. The zero-order valence-corrected chi connectivity index (χ0v) is 15.0. The number of hydrogen-bond acceptors (Lipinski definition) is 4. The van der Waals surface area contributed by atoms with Gasteiger partial charge < -0.3 is 5.32 Å². The minimum atomic E-state index is -3.98. The van der Waals surface area contributed by atoms with Gasteiger partial charge in [0.05, 0.1) is 4.90 Å². The smallest absolute Gasteiger partial charge is 0.265 e. The molecule has 0 aliphatic heterocycles. The second-order valence-electron chi connectivity index (χ2n) is 4.65. The summed E-state index contributed by atoms with van der Waals surface area (Å²) in [6.45, 7) is 1.35. The van der Waals surface area contributed by atoms with Crippen molar-refractivity contribution < 1.29 is 18.0 Å². The standard InChI is InChI=1S/C15H13IN2O4S/c1-10(19)17-13-5-7-14(8-6-13)23(21,22)18-15(20)11-3-2-4-12(16)9-11/h2-9H,1H3,(H,17,19)(H,18,20). The van der Waals surface area contributed by atoms with E-state index in [2.05, 4.69) is 5.32 Å². The lowest BCUT2D eigenvalue weighted by Crippen LogP contribution is -2.30. The van der Waals surface area contributed by atoms with E-state index in [1.54, 1.807) is 18.2 Å². The van der Waals surface area contributed by atoms with Crippen molar-refractivity contribution in [3.63, 3.8) is 0 Å². The molecule has 0 saturated heterocycles. The Morgan fingerprint density at radius 2 is 1.70 bits per heavy atom. The van der Waals surface area contributed by atoms with Crippen LogP contribution >= 0.6 is 22.6 Å². The Bertz CT molecular complexity index is 848. The van der Waals surface area contributed by atoms with Crippen LogP contribution in [0, 0.1) is 3.57 Å². The number of carbonyl (C=O) groups is 2. The molecule has 0 aromatic heterocycles. The van der Waals surface area contributed by atoms with Gasteiger partial charge >= 0.3 is 0 Å². The maximum absolute atomic E-state index is 12.2. The first-order valence-corrected chi connectivity index (χ1v) is 9.04. The fourth-order valence-electron chi connectivity index (χ4n) is 1.79. The summed E-state index contributed by atoms with van der Waals surface area (Å²) in [6, 6.07) is 12.1. The number of halogens is 1. The highest BCUT2D eigenvalue weighted by Gasteiger charge is 2.18. The fourth-order valence-corrected chi connectivity index (χ4v) is 3.31. The van der Waals surface area contributed by atoms with Crippen LogP contribution in [0.1, 0.15) is 17.3 Å². The Hall–Kier alpha value is -1.94. The molecule has 0 aliphatic carbocycles. The molecule has 2 amide bonds. The van der Waals surface area contributed by atoms with Crippen LogP contribution in [-0.2, 0) is 14.8 Å². The summed E-state index contributed by atoms with van der Waals surface area (Å²) >= 11 is 2.04. The van der Waals surface area contributed by atoms with E-state index in [9.17, 15) is 18.0 Å². The van der Waals surface area contributed by atoms with Gasteiger partial charge in [-0.3, -0.25) is 9.59 Å². The summed E-state index contributed by atoms with van der Waals surface area (Å²) in [4.78, 5) is 22.9. The topological polar surface area (TPSA) is 92.3 Å². The quantitative estimate of drug-likeness (QED) is 0.709. The molecule has 0 unspecified atom stereocenters. The second kappa shape index (κ2) is 7.09. The summed E-state index contributed by atoms with van der Waals surface area (Å²) in [7, 11) is -3.98. The molecule has 120 valence electrons. The molecule has 8 heteroatoms.